The van der Waals surface area contributed by atoms with Gasteiger partial charge in [0.05, 0.1) is 6.10 Å². The maximum absolute atomic E-state index is 6.11. The fourth-order valence-corrected chi connectivity index (χ4v) is 4.38. The van der Waals surface area contributed by atoms with Crippen molar-refractivity contribution in [1.29, 1.82) is 0 Å². The van der Waals surface area contributed by atoms with Gasteiger partial charge in [-0.3, -0.25) is 0 Å². The van der Waals surface area contributed by atoms with Gasteiger partial charge in [0.2, 0.25) is 0 Å². The second-order valence-corrected chi connectivity index (χ2v) is 8.29. The number of ether oxygens (including phenoxy) is 1. The summed E-state index contributed by atoms with van der Waals surface area (Å²) in [5.41, 5.74) is 0. The monoisotopic (exact) mass is 294 g/mol. The van der Waals surface area contributed by atoms with E-state index in [2.05, 4.69) is 20.8 Å². The first-order valence-corrected chi connectivity index (χ1v) is 9.76. The smallest absolute Gasteiger partial charge is 0.0547 e. The summed E-state index contributed by atoms with van der Waals surface area (Å²) in [5, 5.41) is 0. The Bertz CT molecular complexity index is 259. The molecule has 0 N–H and O–H groups in total. The Balaban J connectivity index is 1.58. The van der Waals surface area contributed by atoms with Crippen molar-refractivity contribution < 1.29 is 4.74 Å². The van der Waals surface area contributed by atoms with Gasteiger partial charge in [-0.1, -0.05) is 46.0 Å². The van der Waals surface area contributed by atoms with Crippen molar-refractivity contribution in [2.45, 2.75) is 97.5 Å². The second kappa shape index (κ2) is 9.18. The van der Waals surface area contributed by atoms with Crippen LogP contribution in [0.3, 0.4) is 0 Å². The summed E-state index contributed by atoms with van der Waals surface area (Å²) in [4.78, 5) is 0. The first kappa shape index (κ1) is 17.3. The molecule has 2 fully saturated rings. The van der Waals surface area contributed by atoms with E-state index in [1.54, 1.807) is 0 Å². The van der Waals surface area contributed by atoms with Crippen LogP contribution in [0.2, 0.25) is 0 Å². The highest BCUT2D eigenvalue weighted by atomic mass is 16.5. The second-order valence-electron chi connectivity index (χ2n) is 8.29. The molecule has 0 bridgehead atoms. The number of rotatable bonds is 7. The molecule has 2 aliphatic rings. The van der Waals surface area contributed by atoms with E-state index in [4.69, 9.17) is 4.74 Å². The first-order valence-electron chi connectivity index (χ1n) is 9.76. The Hall–Kier alpha value is -0.0400. The van der Waals surface area contributed by atoms with Gasteiger partial charge in [0.15, 0.2) is 0 Å². The highest BCUT2D eigenvalue weighted by Crippen LogP contribution is 2.40. The molecule has 1 unspecified atom stereocenters. The van der Waals surface area contributed by atoms with Gasteiger partial charge in [-0.15, -0.1) is 0 Å². The van der Waals surface area contributed by atoms with Crippen LogP contribution in [0.5, 0.6) is 0 Å². The van der Waals surface area contributed by atoms with Gasteiger partial charge in [0.1, 0.15) is 0 Å². The minimum atomic E-state index is 0.462. The summed E-state index contributed by atoms with van der Waals surface area (Å²) in [6.07, 6.45) is 16.4. The van der Waals surface area contributed by atoms with Crippen LogP contribution >= 0.6 is 0 Å². The Labute approximate surface area is 133 Å². The first-order chi connectivity index (χ1) is 10.1. The van der Waals surface area contributed by atoms with Crippen molar-refractivity contribution in [3.63, 3.8) is 0 Å². The lowest BCUT2D eigenvalue weighted by Crippen LogP contribution is -2.26. The van der Waals surface area contributed by atoms with Gasteiger partial charge < -0.3 is 4.74 Å². The molecule has 0 aromatic carbocycles. The summed E-state index contributed by atoms with van der Waals surface area (Å²) in [7, 11) is 0. The molecule has 0 aliphatic heterocycles. The summed E-state index contributed by atoms with van der Waals surface area (Å²) in [5.74, 6) is 3.79. The van der Waals surface area contributed by atoms with Crippen LogP contribution in [0.1, 0.15) is 91.4 Å². The standard InChI is InChI=1S/C20H38O/c1-16(2)9-10-17(3)21-15-18-11-13-20(14-12-18)19-7-5-4-6-8-19/h16-20H,4-15H2,1-3H3. The van der Waals surface area contributed by atoms with Crippen molar-refractivity contribution >= 4 is 0 Å². The minimum Gasteiger partial charge on any atom is -0.378 e. The van der Waals surface area contributed by atoms with Crippen LogP contribution < -0.4 is 0 Å². The number of hydrogen-bond acceptors (Lipinski definition) is 1. The zero-order valence-corrected chi connectivity index (χ0v) is 14.8. The number of hydrogen-bond donors (Lipinski definition) is 0. The highest BCUT2D eigenvalue weighted by molar-refractivity contribution is 4.80. The fraction of sp³-hybridized carbons (Fsp3) is 1.00. The quantitative estimate of drug-likeness (QED) is 0.542. The summed E-state index contributed by atoms with van der Waals surface area (Å²) < 4.78 is 6.11. The van der Waals surface area contributed by atoms with Gasteiger partial charge in [-0.25, -0.2) is 0 Å². The van der Waals surface area contributed by atoms with Crippen molar-refractivity contribution in [3.8, 4) is 0 Å². The SMILES string of the molecule is CC(C)CCC(C)OCC1CCC(C2CCCCC2)CC1. The van der Waals surface area contributed by atoms with Gasteiger partial charge in [-0.2, -0.15) is 0 Å². The molecule has 0 saturated heterocycles. The Morgan fingerprint density at radius 1 is 0.762 bits per heavy atom. The van der Waals surface area contributed by atoms with E-state index in [-0.39, 0.29) is 0 Å². The van der Waals surface area contributed by atoms with Crippen molar-refractivity contribution in [3.05, 3.63) is 0 Å². The van der Waals surface area contributed by atoms with E-state index in [0.29, 0.717) is 6.10 Å². The molecule has 0 aromatic heterocycles. The lowest BCUT2D eigenvalue weighted by atomic mass is 9.71. The van der Waals surface area contributed by atoms with Gasteiger partial charge in [0.25, 0.3) is 0 Å². The Kier molecular flexibility index (Phi) is 7.57. The van der Waals surface area contributed by atoms with Crippen molar-refractivity contribution in [2.24, 2.45) is 23.7 Å². The predicted molar refractivity (Wildman–Crippen MR) is 91.5 cm³/mol. The summed E-state index contributed by atoms with van der Waals surface area (Å²) >= 11 is 0. The van der Waals surface area contributed by atoms with E-state index in [1.807, 2.05) is 0 Å². The van der Waals surface area contributed by atoms with E-state index in [0.717, 1.165) is 30.3 Å². The maximum Gasteiger partial charge on any atom is 0.0547 e. The van der Waals surface area contributed by atoms with Crippen LogP contribution in [-0.4, -0.2) is 12.7 Å². The van der Waals surface area contributed by atoms with Crippen LogP contribution in [0, 0.1) is 23.7 Å². The molecule has 0 radical (unpaired) electrons. The van der Waals surface area contributed by atoms with E-state index < -0.39 is 0 Å². The predicted octanol–water partition coefficient (Wildman–Crippen LogP) is 6.21. The molecule has 1 nitrogen and oxygen atoms in total. The highest BCUT2D eigenvalue weighted by Gasteiger charge is 2.28. The molecule has 1 atom stereocenters. The van der Waals surface area contributed by atoms with Gasteiger partial charge in [0, 0.05) is 6.61 Å². The largest absolute Gasteiger partial charge is 0.378 e. The molecule has 2 aliphatic carbocycles. The molecule has 1 heteroatoms. The van der Waals surface area contributed by atoms with Crippen LogP contribution in [0.25, 0.3) is 0 Å². The van der Waals surface area contributed by atoms with Gasteiger partial charge >= 0.3 is 0 Å². The third-order valence-corrected chi connectivity index (χ3v) is 5.97. The molecular weight excluding hydrogens is 256 g/mol. The summed E-state index contributed by atoms with van der Waals surface area (Å²) in [6.45, 7) is 7.89. The average Bonchev–Trinajstić information content (AvgIpc) is 2.52. The topological polar surface area (TPSA) is 9.23 Å². The normalized spacial score (nSPS) is 29.7. The lowest BCUT2D eigenvalue weighted by Gasteiger charge is -2.36. The van der Waals surface area contributed by atoms with Crippen LogP contribution in [-0.2, 0) is 4.74 Å². The zero-order chi connectivity index (χ0) is 15.1. The molecule has 0 heterocycles. The third kappa shape index (κ3) is 6.30. The molecule has 124 valence electrons. The van der Waals surface area contributed by atoms with Crippen LogP contribution in [0.4, 0.5) is 0 Å². The Morgan fingerprint density at radius 2 is 1.38 bits per heavy atom. The molecule has 0 spiro atoms. The van der Waals surface area contributed by atoms with E-state index >= 15 is 0 Å². The lowest BCUT2D eigenvalue weighted by molar-refractivity contribution is 0.0159. The molecule has 2 rings (SSSR count). The van der Waals surface area contributed by atoms with Crippen LogP contribution in [0.15, 0.2) is 0 Å². The molecule has 0 aromatic rings. The third-order valence-electron chi connectivity index (χ3n) is 5.97. The average molecular weight is 295 g/mol. The molecule has 0 amide bonds. The summed E-state index contributed by atoms with van der Waals surface area (Å²) in [6, 6.07) is 0. The van der Waals surface area contributed by atoms with Gasteiger partial charge in [-0.05, 0) is 69.1 Å². The van der Waals surface area contributed by atoms with Crippen molar-refractivity contribution in [1.82, 2.24) is 0 Å². The van der Waals surface area contributed by atoms with E-state index in [1.165, 1.54) is 70.6 Å². The fourth-order valence-electron chi connectivity index (χ4n) is 4.38. The molecular formula is C20H38O. The maximum atomic E-state index is 6.11. The Morgan fingerprint density at radius 3 is 2.00 bits per heavy atom. The zero-order valence-electron chi connectivity index (χ0n) is 14.8. The van der Waals surface area contributed by atoms with Crippen molar-refractivity contribution in [2.75, 3.05) is 6.61 Å². The molecule has 2 saturated carbocycles. The minimum absolute atomic E-state index is 0.462. The van der Waals surface area contributed by atoms with E-state index in [9.17, 15) is 0 Å². The molecule has 21 heavy (non-hydrogen) atoms.